The second-order valence-corrected chi connectivity index (χ2v) is 4.91. The fourth-order valence-corrected chi connectivity index (χ4v) is 2.49. The highest BCUT2D eigenvalue weighted by molar-refractivity contribution is 6.99. The predicted molar refractivity (Wildman–Crippen MR) is 77.6 cm³/mol. The van der Waals surface area contributed by atoms with Crippen molar-refractivity contribution in [2.45, 2.75) is 25.8 Å². The van der Waals surface area contributed by atoms with Crippen LogP contribution in [0.25, 0.3) is 0 Å². The summed E-state index contributed by atoms with van der Waals surface area (Å²) in [5, 5.41) is 3.52. The summed E-state index contributed by atoms with van der Waals surface area (Å²) in [6.07, 6.45) is 3.79. The summed E-state index contributed by atoms with van der Waals surface area (Å²) in [7, 11) is 1.71. The molecule has 1 atom stereocenters. The first-order valence-electron chi connectivity index (χ1n) is 6.48. The Kier molecular flexibility index (Phi) is 5.30. The Labute approximate surface area is 118 Å². The number of nitrogens with zero attached hydrogens (tertiary/aromatic N) is 2. The number of rotatable bonds is 7. The molecule has 4 nitrogen and oxygen atoms in total. The molecule has 1 aromatic carbocycles. The van der Waals surface area contributed by atoms with Crippen molar-refractivity contribution < 1.29 is 4.74 Å². The van der Waals surface area contributed by atoms with Gasteiger partial charge in [0.05, 0.1) is 36.8 Å². The van der Waals surface area contributed by atoms with E-state index in [0.29, 0.717) is 0 Å². The van der Waals surface area contributed by atoms with Gasteiger partial charge < -0.3 is 10.1 Å². The SMILES string of the molecule is CCCNC(Cc1ccccc1OC)c1cnsn1. The number of para-hydroxylation sites is 1. The van der Waals surface area contributed by atoms with Crippen LogP contribution in [-0.4, -0.2) is 22.4 Å². The van der Waals surface area contributed by atoms with Crippen LogP contribution in [0.4, 0.5) is 0 Å². The molecule has 0 radical (unpaired) electrons. The van der Waals surface area contributed by atoms with E-state index in [-0.39, 0.29) is 6.04 Å². The van der Waals surface area contributed by atoms with Crippen molar-refractivity contribution in [2.75, 3.05) is 13.7 Å². The van der Waals surface area contributed by atoms with E-state index in [4.69, 9.17) is 4.74 Å². The van der Waals surface area contributed by atoms with Gasteiger partial charge in [-0.1, -0.05) is 25.1 Å². The average molecular weight is 277 g/mol. The van der Waals surface area contributed by atoms with Gasteiger partial charge in [0.2, 0.25) is 0 Å². The fourth-order valence-electron chi connectivity index (χ4n) is 2.02. The molecule has 2 rings (SSSR count). The monoisotopic (exact) mass is 277 g/mol. The van der Waals surface area contributed by atoms with Gasteiger partial charge in [-0.15, -0.1) is 0 Å². The van der Waals surface area contributed by atoms with Gasteiger partial charge in [0, 0.05) is 0 Å². The Morgan fingerprint density at radius 1 is 1.37 bits per heavy atom. The number of hydrogen-bond donors (Lipinski definition) is 1. The van der Waals surface area contributed by atoms with Crippen molar-refractivity contribution in [2.24, 2.45) is 0 Å². The van der Waals surface area contributed by atoms with Crippen molar-refractivity contribution in [3.05, 3.63) is 41.7 Å². The Hall–Kier alpha value is -1.46. The summed E-state index contributed by atoms with van der Waals surface area (Å²) in [5.41, 5.74) is 2.19. The standard InChI is InChI=1S/C14H19N3OS/c1-3-8-15-12(13-10-16-19-17-13)9-11-6-4-5-7-14(11)18-2/h4-7,10,12,15H,3,8-9H2,1-2H3. The van der Waals surface area contributed by atoms with Crippen LogP contribution in [0.15, 0.2) is 30.5 Å². The zero-order chi connectivity index (χ0) is 13.5. The smallest absolute Gasteiger partial charge is 0.122 e. The summed E-state index contributed by atoms with van der Waals surface area (Å²) < 4.78 is 13.8. The molecule has 0 saturated carbocycles. The summed E-state index contributed by atoms with van der Waals surface area (Å²) in [5.74, 6) is 0.925. The highest BCUT2D eigenvalue weighted by Crippen LogP contribution is 2.24. The van der Waals surface area contributed by atoms with Crippen LogP contribution in [0, 0.1) is 0 Å². The van der Waals surface area contributed by atoms with Crippen LogP contribution in [0.3, 0.4) is 0 Å². The molecule has 1 N–H and O–H groups in total. The average Bonchev–Trinajstić information content (AvgIpc) is 2.98. The molecular weight excluding hydrogens is 258 g/mol. The van der Waals surface area contributed by atoms with Crippen molar-refractivity contribution in [1.29, 1.82) is 0 Å². The molecule has 1 heterocycles. The maximum Gasteiger partial charge on any atom is 0.122 e. The lowest BCUT2D eigenvalue weighted by molar-refractivity contribution is 0.405. The lowest BCUT2D eigenvalue weighted by Crippen LogP contribution is -2.24. The first-order valence-corrected chi connectivity index (χ1v) is 7.21. The van der Waals surface area contributed by atoms with E-state index in [0.717, 1.165) is 30.8 Å². The van der Waals surface area contributed by atoms with E-state index in [2.05, 4.69) is 27.1 Å². The van der Waals surface area contributed by atoms with E-state index in [1.165, 1.54) is 17.3 Å². The Balaban J connectivity index is 2.15. The summed E-state index contributed by atoms with van der Waals surface area (Å²) in [4.78, 5) is 0. The molecule has 1 aromatic heterocycles. The van der Waals surface area contributed by atoms with Gasteiger partial charge in [0.1, 0.15) is 5.75 Å². The van der Waals surface area contributed by atoms with Gasteiger partial charge in [-0.25, -0.2) is 0 Å². The minimum atomic E-state index is 0.190. The van der Waals surface area contributed by atoms with Crippen LogP contribution >= 0.6 is 11.7 Å². The zero-order valence-electron chi connectivity index (χ0n) is 11.3. The molecule has 0 fully saturated rings. The van der Waals surface area contributed by atoms with E-state index < -0.39 is 0 Å². The normalized spacial score (nSPS) is 12.3. The minimum absolute atomic E-state index is 0.190. The molecule has 0 amide bonds. The van der Waals surface area contributed by atoms with Crippen LogP contribution < -0.4 is 10.1 Å². The Bertz CT molecular complexity index is 487. The topological polar surface area (TPSA) is 47.0 Å². The Morgan fingerprint density at radius 3 is 2.89 bits per heavy atom. The van der Waals surface area contributed by atoms with Gasteiger partial charge in [-0.3, -0.25) is 0 Å². The molecule has 1 unspecified atom stereocenters. The maximum absolute atomic E-state index is 5.41. The lowest BCUT2D eigenvalue weighted by atomic mass is 10.0. The van der Waals surface area contributed by atoms with Crippen LogP contribution in [0.2, 0.25) is 0 Å². The Morgan fingerprint density at radius 2 is 2.21 bits per heavy atom. The second-order valence-electron chi connectivity index (χ2n) is 4.35. The molecule has 0 spiro atoms. The summed E-state index contributed by atoms with van der Waals surface area (Å²) in [6, 6.07) is 8.30. The van der Waals surface area contributed by atoms with Crippen molar-refractivity contribution >= 4 is 11.7 Å². The number of nitrogens with one attached hydrogen (secondary N) is 1. The van der Waals surface area contributed by atoms with Crippen LogP contribution in [0.5, 0.6) is 5.75 Å². The molecule has 0 saturated heterocycles. The number of benzene rings is 1. The molecule has 19 heavy (non-hydrogen) atoms. The number of hydrogen-bond acceptors (Lipinski definition) is 5. The van der Waals surface area contributed by atoms with Crippen molar-refractivity contribution in [1.82, 2.24) is 14.1 Å². The van der Waals surface area contributed by atoms with Crippen molar-refractivity contribution in [3.63, 3.8) is 0 Å². The molecule has 0 aliphatic heterocycles. The lowest BCUT2D eigenvalue weighted by Gasteiger charge is -2.17. The van der Waals surface area contributed by atoms with Crippen LogP contribution in [-0.2, 0) is 6.42 Å². The highest BCUT2D eigenvalue weighted by atomic mass is 32.1. The van der Waals surface area contributed by atoms with E-state index in [1.54, 1.807) is 7.11 Å². The van der Waals surface area contributed by atoms with Gasteiger partial charge >= 0.3 is 0 Å². The molecule has 102 valence electrons. The highest BCUT2D eigenvalue weighted by Gasteiger charge is 2.16. The van der Waals surface area contributed by atoms with E-state index >= 15 is 0 Å². The molecule has 0 bridgehead atoms. The largest absolute Gasteiger partial charge is 0.496 e. The third kappa shape index (κ3) is 3.75. The van der Waals surface area contributed by atoms with E-state index in [9.17, 15) is 0 Å². The van der Waals surface area contributed by atoms with Crippen molar-refractivity contribution in [3.8, 4) is 5.75 Å². The van der Waals surface area contributed by atoms with Gasteiger partial charge in [-0.05, 0) is 31.0 Å². The number of ether oxygens (including phenoxy) is 1. The first kappa shape index (κ1) is 14.0. The molecule has 2 aromatic rings. The molecule has 0 aliphatic carbocycles. The van der Waals surface area contributed by atoms with E-state index in [1.807, 2.05) is 24.4 Å². The maximum atomic E-state index is 5.41. The molecule has 5 heteroatoms. The fraction of sp³-hybridized carbons (Fsp3) is 0.429. The van der Waals surface area contributed by atoms with Gasteiger partial charge in [-0.2, -0.15) is 8.75 Å². The summed E-state index contributed by atoms with van der Waals surface area (Å²) >= 11 is 1.25. The van der Waals surface area contributed by atoms with Gasteiger partial charge in [0.15, 0.2) is 0 Å². The van der Waals surface area contributed by atoms with Crippen LogP contribution in [0.1, 0.15) is 30.6 Å². The number of aromatic nitrogens is 2. The zero-order valence-corrected chi connectivity index (χ0v) is 12.1. The quantitative estimate of drug-likeness (QED) is 0.845. The second kappa shape index (κ2) is 7.21. The van der Waals surface area contributed by atoms with Gasteiger partial charge in [0.25, 0.3) is 0 Å². The molecule has 0 aliphatic rings. The first-order chi connectivity index (χ1) is 9.35. The third-order valence-corrected chi connectivity index (χ3v) is 3.48. The number of methoxy groups -OCH3 is 1. The predicted octanol–water partition coefficient (Wildman–Crippen LogP) is 2.83. The summed E-state index contributed by atoms with van der Waals surface area (Å²) in [6.45, 7) is 3.13. The third-order valence-electron chi connectivity index (χ3n) is 2.99. The minimum Gasteiger partial charge on any atom is -0.496 e. The molecular formula is C14H19N3OS.